The van der Waals surface area contributed by atoms with Crippen molar-refractivity contribution in [2.75, 3.05) is 12.3 Å². The third-order valence-corrected chi connectivity index (χ3v) is 9.73. The van der Waals surface area contributed by atoms with Crippen molar-refractivity contribution in [1.29, 1.82) is 0 Å². The van der Waals surface area contributed by atoms with E-state index in [-0.39, 0.29) is 36.5 Å². The average Bonchev–Trinajstić information content (AvgIpc) is 3.52. The van der Waals surface area contributed by atoms with Gasteiger partial charge in [0.15, 0.2) is 11.4 Å². The number of carbonyl (C=O) groups is 2. The van der Waals surface area contributed by atoms with Crippen LogP contribution in [0.1, 0.15) is 74.2 Å². The first-order chi connectivity index (χ1) is 23.3. The molecule has 254 valence electrons. The van der Waals surface area contributed by atoms with Gasteiger partial charge in [0.25, 0.3) is 0 Å². The predicted octanol–water partition coefficient (Wildman–Crippen LogP) is 5.87. The van der Waals surface area contributed by atoms with Crippen molar-refractivity contribution in [1.82, 2.24) is 25.4 Å². The Hall–Kier alpha value is -4.03. The maximum Gasteiger partial charge on any atom is 0.220 e. The van der Waals surface area contributed by atoms with E-state index in [1.165, 1.54) is 6.92 Å². The van der Waals surface area contributed by atoms with E-state index >= 15 is 0 Å². The molecular weight excluding hydrogens is 627 g/mol. The summed E-state index contributed by atoms with van der Waals surface area (Å²) in [5, 5.41) is 24.5. The van der Waals surface area contributed by atoms with Crippen LogP contribution in [0, 0.1) is 5.92 Å². The van der Waals surface area contributed by atoms with Gasteiger partial charge in [0, 0.05) is 50.7 Å². The fraction of sp³-hybridized carbons (Fsp3) is 0.405. The van der Waals surface area contributed by atoms with Crippen LogP contribution >= 0.6 is 11.8 Å². The topological polar surface area (TPSA) is 128 Å². The van der Waals surface area contributed by atoms with E-state index in [0.29, 0.717) is 25.3 Å². The van der Waals surface area contributed by atoms with Crippen LogP contribution in [-0.2, 0) is 39.3 Å². The number of aliphatic hydroxyl groups excluding tert-OH is 1. The maximum absolute atomic E-state index is 12.5. The van der Waals surface area contributed by atoms with Crippen molar-refractivity contribution >= 4 is 23.6 Å². The number of aryl methyl sites for hydroxylation is 1. The lowest BCUT2D eigenvalue weighted by atomic mass is 9.91. The number of carbonyl (C=O) groups excluding carboxylic acids is 2. The third-order valence-electron chi connectivity index (χ3n) is 8.61. The Balaban J connectivity index is 1.25. The van der Waals surface area contributed by atoms with Crippen molar-refractivity contribution < 1.29 is 24.2 Å². The van der Waals surface area contributed by atoms with Gasteiger partial charge in [0.1, 0.15) is 6.33 Å². The summed E-state index contributed by atoms with van der Waals surface area (Å²) >= 11 is 1.61. The van der Waals surface area contributed by atoms with Crippen LogP contribution < -0.4 is 10.6 Å². The second-order valence-electron chi connectivity index (χ2n) is 12.2. The predicted molar refractivity (Wildman–Crippen MR) is 186 cm³/mol. The molecule has 0 radical (unpaired) electrons. The third kappa shape index (κ3) is 9.53. The van der Waals surface area contributed by atoms with Gasteiger partial charge < -0.3 is 29.8 Å². The van der Waals surface area contributed by atoms with Crippen LogP contribution in [0.3, 0.4) is 0 Å². The molecule has 5 rings (SSSR count). The summed E-state index contributed by atoms with van der Waals surface area (Å²) in [4.78, 5) is 23.5. The number of ether oxygens (including phenoxy) is 2. The maximum atomic E-state index is 12.5. The van der Waals surface area contributed by atoms with Crippen LogP contribution in [0.4, 0.5) is 0 Å². The number of aliphatic hydroxyl groups is 1. The molecule has 1 aromatic heterocycles. The van der Waals surface area contributed by atoms with Crippen LogP contribution in [0.2, 0.25) is 0 Å². The van der Waals surface area contributed by atoms with E-state index in [1.54, 1.807) is 18.1 Å². The number of rotatable bonds is 15. The standard InChI is InChI=1S/C37H45N5O5S/c1-25-33(23-48-37-41-40-24-42(37)3)46-36(47-35(25)29-14-12-27(22-43)13-15-29)30-18-16-28(17-19-30)32-10-7-6-9-31(32)21-39-34(45)11-5-4-8-20-38-26(2)44/h6-7,9-10,12-19,24-25,33,35-36,43H,4-5,8,11,20-23H2,1-3H3,(H,38,44)(H,39,45)/t25-,33+,35+,36+/m1/s1. The number of unbranched alkanes of at least 4 members (excludes halogenated alkanes) is 2. The van der Waals surface area contributed by atoms with Gasteiger partial charge in [0.2, 0.25) is 11.8 Å². The Labute approximate surface area is 286 Å². The molecule has 1 fully saturated rings. The highest BCUT2D eigenvalue weighted by molar-refractivity contribution is 7.99. The number of benzene rings is 3. The largest absolute Gasteiger partial charge is 0.392 e. The Kier molecular flexibility index (Phi) is 12.8. The minimum Gasteiger partial charge on any atom is -0.392 e. The minimum atomic E-state index is -0.573. The van der Waals surface area contributed by atoms with Gasteiger partial charge in [-0.25, -0.2) is 0 Å². The number of amides is 2. The van der Waals surface area contributed by atoms with Gasteiger partial charge in [-0.15, -0.1) is 10.2 Å². The first-order valence-corrected chi connectivity index (χ1v) is 17.5. The lowest BCUT2D eigenvalue weighted by Crippen LogP contribution is -2.38. The van der Waals surface area contributed by atoms with Crippen molar-refractivity contribution in [3.05, 3.63) is 101 Å². The second-order valence-corrected chi connectivity index (χ2v) is 13.2. The summed E-state index contributed by atoms with van der Waals surface area (Å²) in [7, 11) is 1.93. The average molecular weight is 672 g/mol. The van der Waals surface area contributed by atoms with E-state index in [9.17, 15) is 14.7 Å². The number of hydrogen-bond donors (Lipinski definition) is 3. The highest BCUT2D eigenvalue weighted by Crippen LogP contribution is 2.43. The monoisotopic (exact) mass is 671 g/mol. The summed E-state index contributed by atoms with van der Waals surface area (Å²) < 4.78 is 15.2. The molecule has 1 aliphatic rings. The van der Waals surface area contributed by atoms with E-state index < -0.39 is 6.29 Å². The van der Waals surface area contributed by atoms with Gasteiger partial charge in [-0.3, -0.25) is 9.59 Å². The minimum absolute atomic E-state index is 0.00592. The molecule has 4 atom stereocenters. The lowest BCUT2D eigenvalue weighted by Gasteiger charge is -2.41. The molecule has 10 nitrogen and oxygen atoms in total. The van der Waals surface area contributed by atoms with Gasteiger partial charge in [-0.05, 0) is 40.7 Å². The molecule has 1 saturated heterocycles. The number of aromatic nitrogens is 3. The van der Waals surface area contributed by atoms with Crippen LogP contribution in [0.25, 0.3) is 11.1 Å². The van der Waals surface area contributed by atoms with Crippen molar-refractivity contribution in [2.45, 2.75) is 76.3 Å². The zero-order valence-electron chi connectivity index (χ0n) is 27.8. The number of nitrogens with one attached hydrogen (secondary N) is 2. The summed E-state index contributed by atoms with van der Waals surface area (Å²) in [6, 6.07) is 24.3. The zero-order valence-corrected chi connectivity index (χ0v) is 28.6. The molecule has 0 unspecified atom stereocenters. The molecule has 0 bridgehead atoms. The summed E-state index contributed by atoms with van der Waals surface area (Å²) in [5.74, 6) is 0.743. The molecule has 0 saturated carbocycles. The van der Waals surface area contributed by atoms with E-state index in [4.69, 9.17) is 9.47 Å². The Morgan fingerprint density at radius 3 is 2.40 bits per heavy atom. The smallest absolute Gasteiger partial charge is 0.220 e. The highest BCUT2D eigenvalue weighted by atomic mass is 32.2. The van der Waals surface area contributed by atoms with E-state index in [0.717, 1.165) is 57.8 Å². The summed E-state index contributed by atoms with van der Waals surface area (Å²) in [5.41, 5.74) is 5.94. The molecule has 2 heterocycles. The van der Waals surface area contributed by atoms with Gasteiger partial charge in [-0.1, -0.05) is 97.9 Å². The molecule has 2 amide bonds. The van der Waals surface area contributed by atoms with Gasteiger partial charge in [-0.2, -0.15) is 0 Å². The number of nitrogens with zero attached hydrogens (tertiary/aromatic N) is 3. The molecular formula is C37H45N5O5S. The SMILES string of the molecule is CC(=O)NCCCCCC(=O)NCc1ccccc1-c1ccc([C@H]2O[C@@H](CSc3nncn3C)[C@@H](C)[C@@H](c3ccc(CO)cc3)O2)cc1. The Morgan fingerprint density at radius 1 is 0.938 bits per heavy atom. The highest BCUT2D eigenvalue weighted by Gasteiger charge is 2.38. The number of thioether (sulfide) groups is 1. The molecule has 1 aliphatic heterocycles. The molecule has 0 aliphatic carbocycles. The molecule has 4 aromatic rings. The van der Waals surface area contributed by atoms with Gasteiger partial charge >= 0.3 is 0 Å². The molecule has 48 heavy (non-hydrogen) atoms. The molecule has 3 aromatic carbocycles. The summed E-state index contributed by atoms with van der Waals surface area (Å²) in [6.07, 6.45) is 3.80. The fourth-order valence-electron chi connectivity index (χ4n) is 5.78. The zero-order chi connectivity index (χ0) is 33.9. The number of hydrogen-bond acceptors (Lipinski definition) is 8. The fourth-order valence-corrected chi connectivity index (χ4v) is 6.83. The van der Waals surface area contributed by atoms with Crippen LogP contribution in [-0.4, -0.2) is 50.1 Å². The molecule has 11 heteroatoms. The van der Waals surface area contributed by atoms with Crippen LogP contribution in [0.15, 0.2) is 84.3 Å². The summed E-state index contributed by atoms with van der Waals surface area (Å²) in [6.45, 7) is 4.74. The second kappa shape index (κ2) is 17.4. The van der Waals surface area contributed by atoms with Crippen LogP contribution in [0.5, 0.6) is 0 Å². The Morgan fingerprint density at radius 2 is 1.69 bits per heavy atom. The first-order valence-electron chi connectivity index (χ1n) is 16.5. The first kappa shape index (κ1) is 35.3. The van der Waals surface area contributed by atoms with Crippen molar-refractivity contribution in [2.24, 2.45) is 13.0 Å². The van der Waals surface area contributed by atoms with Crippen molar-refractivity contribution in [3.8, 4) is 11.1 Å². The van der Waals surface area contributed by atoms with E-state index in [1.807, 2.05) is 66.2 Å². The normalized spacial score (nSPS) is 19.2. The molecule has 3 N–H and O–H groups in total. The molecule has 0 spiro atoms. The van der Waals surface area contributed by atoms with E-state index in [2.05, 4.69) is 46.0 Å². The Bertz CT molecular complexity index is 1630. The lowest BCUT2D eigenvalue weighted by molar-refractivity contribution is -0.268. The van der Waals surface area contributed by atoms with Gasteiger partial charge in [0.05, 0.1) is 18.8 Å². The quantitative estimate of drug-likeness (QED) is 0.106. The van der Waals surface area contributed by atoms with Crippen molar-refractivity contribution in [3.63, 3.8) is 0 Å².